The molecule has 0 aromatic rings. The van der Waals surface area contributed by atoms with Gasteiger partial charge in [-0.25, -0.2) is 0 Å². The zero-order valence-electron chi connectivity index (χ0n) is 9.42. The lowest BCUT2D eigenvalue weighted by atomic mass is 9.84. The van der Waals surface area contributed by atoms with E-state index in [4.69, 9.17) is 0 Å². The van der Waals surface area contributed by atoms with Crippen molar-refractivity contribution < 1.29 is 22.8 Å². The van der Waals surface area contributed by atoms with Gasteiger partial charge in [-0.2, -0.15) is 0 Å². The first-order chi connectivity index (χ1) is 6.79. The number of piperazine rings is 1. The summed E-state index contributed by atoms with van der Waals surface area (Å²) in [5.74, 6) is 0. The third-order valence-electron chi connectivity index (χ3n) is 3.60. The van der Waals surface area contributed by atoms with Gasteiger partial charge in [0.05, 0.1) is 18.7 Å². The van der Waals surface area contributed by atoms with Gasteiger partial charge < -0.3 is 22.8 Å². The molecule has 0 bridgehead atoms. The number of quaternary nitrogens is 1. The number of β-amino-alcohol motifs (C(OH)–C–C–N with tert-alkyl or cyclic N) is 1. The van der Waals surface area contributed by atoms with Gasteiger partial charge in [-0.3, -0.25) is 4.90 Å². The summed E-state index contributed by atoms with van der Waals surface area (Å²) >= 11 is 0. The molecule has 1 saturated heterocycles. The van der Waals surface area contributed by atoms with Gasteiger partial charge in [0, 0.05) is 19.6 Å². The van der Waals surface area contributed by atoms with Crippen molar-refractivity contribution in [2.24, 2.45) is 0 Å². The van der Waals surface area contributed by atoms with Gasteiger partial charge in [-0.1, -0.05) is 19.3 Å². The molecule has 90 valence electrons. The molecule has 0 aromatic heterocycles. The average Bonchev–Trinajstić information content (AvgIpc) is 2.19. The van der Waals surface area contributed by atoms with Crippen molar-refractivity contribution in [1.82, 2.24) is 4.90 Å². The molecule has 1 saturated carbocycles. The summed E-state index contributed by atoms with van der Waals surface area (Å²) in [5.41, 5.74) is -0.352. The lowest BCUT2D eigenvalue weighted by Gasteiger charge is -2.37. The van der Waals surface area contributed by atoms with E-state index < -0.39 is 0 Å². The quantitative estimate of drug-likeness (QED) is 0.522. The fourth-order valence-corrected chi connectivity index (χ4v) is 2.75. The van der Waals surface area contributed by atoms with Crippen LogP contribution in [0, 0.1) is 0 Å². The van der Waals surface area contributed by atoms with Crippen molar-refractivity contribution in [3.63, 3.8) is 0 Å². The van der Waals surface area contributed by atoms with Gasteiger partial charge >= 0.3 is 0 Å². The number of hydrogen-bond donors (Lipinski definition) is 2. The highest BCUT2D eigenvalue weighted by atomic mass is 35.5. The molecule has 2 rings (SSSR count). The van der Waals surface area contributed by atoms with Crippen molar-refractivity contribution in [3.05, 3.63) is 0 Å². The Morgan fingerprint density at radius 3 is 2.27 bits per heavy atom. The standard InChI is InChI=1S/C11H22N2O.ClH/c14-11(4-2-1-3-5-11)10-13-8-6-12-7-9-13;/h12,14H,1-10H2;1H. The summed E-state index contributed by atoms with van der Waals surface area (Å²) in [7, 11) is 0. The SMILES string of the molecule is OC1(CN2CC[NH2+]CC2)CCCCC1.[Cl-]. The summed E-state index contributed by atoms with van der Waals surface area (Å²) in [6, 6.07) is 0. The smallest absolute Gasteiger partial charge is 0.0885 e. The fourth-order valence-electron chi connectivity index (χ4n) is 2.75. The zero-order chi connectivity index (χ0) is 9.86. The van der Waals surface area contributed by atoms with Crippen LogP contribution in [0.5, 0.6) is 0 Å². The molecule has 1 aliphatic carbocycles. The lowest BCUT2D eigenvalue weighted by Crippen LogP contribution is -3.00. The maximum Gasteiger partial charge on any atom is 0.0885 e. The summed E-state index contributed by atoms with van der Waals surface area (Å²) in [4.78, 5) is 2.44. The molecule has 2 aliphatic rings. The Hall–Kier alpha value is 0.170. The van der Waals surface area contributed by atoms with E-state index in [0.717, 1.165) is 32.5 Å². The van der Waals surface area contributed by atoms with Crippen LogP contribution >= 0.6 is 0 Å². The van der Waals surface area contributed by atoms with Crippen molar-refractivity contribution in [2.75, 3.05) is 32.7 Å². The molecular weight excluding hydrogens is 212 g/mol. The van der Waals surface area contributed by atoms with Crippen molar-refractivity contribution in [1.29, 1.82) is 0 Å². The van der Waals surface area contributed by atoms with Gasteiger partial charge in [-0.05, 0) is 12.8 Å². The van der Waals surface area contributed by atoms with Crippen LogP contribution in [0.25, 0.3) is 0 Å². The monoisotopic (exact) mass is 234 g/mol. The highest BCUT2D eigenvalue weighted by Crippen LogP contribution is 2.28. The largest absolute Gasteiger partial charge is 1.00 e. The van der Waals surface area contributed by atoms with Crippen LogP contribution in [0.1, 0.15) is 32.1 Å². The molecule has 1 aliphatic heterocycles. The van der Waals surface area contributed by atoms with Crippen LogP contribution in [0.15, 0.2) is 0 Å². The first-order valence-corrected chi connectivity index (χ1v) is 6.05. The predicted molar refractivity (Wildman–Crippen MR) is 56.1 cm³/mol. The third kappa shape index (κ3) is 3.91. The minimum atomic E-state index is -0.352. The molecule has 3 N–H and O–H groups in total. The third-order valence-corrected chi connectivity index (χ3v) is 3.60. The second kappa shape index (κ2) is 6.04. The molecule has 2 fully saturated rings. The van der Waals surface area contributed by atoms with E-state index in [-0.39, 0.29) is 18.0 Å². The molecule has 0 amide bonds. The fraction of sp³-hybridized carbons (Fsp3) is 1.00. The maximum absolute atomic E-state index is 10.4. The normalized spacial score (nSPS) is 27.0. The molecule has 0 atom stereocenters. The van der Waals surface area contributed by atoms with Gasteiger partial charge in [0.1, 0.15) is 0 Å². The van der Waals surface area contributed by atoms with E-state index in [1.54, 1.807) is 0 Å². The van der Waals surface area contributed by atoms with E-state index in [9.17, 15) is 5.11 Å². The second-order valence-corrected chi connectivity index (χ2v) is 4.93. The summed E-state index contributed by atoms with van der Waals surface area (Å²) in [6.07, 6.45) is 5.80. The molecule has 0 radical (unpaired) electrons. The van der Waals surface area contributed by atoms with Crippen molar-refractivity contribution >= 4 is 0 Å². The summed E-state index contributed by atoms with van der Waals surface area (Å²) < 4.78 is 0. The van der Waals surface area contributed by atoms with E-state index in [2.05, 4.69) is 10.2 Å². The Balaban J connectivity index is 0.00000112. The molecule has 1 heterocycles. The van der Waals surface area contributed by atoms with Gasteiger partial charge in [0.15, 0.2) is 0 Å². The summed E-state index contributed by atoms with van der Waals surface area (Å²) in [5, 5.41) is 12.7. The van der Waals surface area contributed by atoms with Crippen molar-refractivity contribution in [3.8, 4) is 0 Å². The average molecular weight is 235 g/mol. The molecular formula is C11H23ClN2O. The van der Waals surface area contributed by atoms with Crippen LogP contribution < -0.4 is 17.7 Å². The van der Waals surface area contributed by atoms with Gasteiger partial charge in [0.25, 0.3) is 0 Å². The number of rotatable bonds is 2. The molecule has 4 heteroatoms. The maximum atomic E-state index is 10.4. The van der Waals surface area contributed by atoms with E-state index in [0.29, 0.717) is 0 Å². The van der Waals surface area contributed by atoms with E-state index >= 15 is 0 Å². The van der Waals surface area contributed by atoms with E-state index in [1.807, 2.05) is 0 Å². The molecule has 0 unspecified atom stereocenters. The topological polar surface area (TPSA) is 40.1 Å². The number of aliphatic hydroxyl groups is 1. The van der Waals surface area contributed by atoms with Crippen molar-refractivity contribution in [2.45, 2.75) is 37.7 Å². The molecule has 3 nitrogen and oxygen atoms in total. The summed E-state index contributed by atoms with van der Waals surface area (Å²) in [6.45, 7) is 5.64. The Morgan fingerprint density at radius 1 is 1.07 bits per heavy atom. The number of nitrogens with two attached hydrogens (primary N) is 1. The van der Waals surface area contributed by atoms with Crippen LogP contribution in [0.3, 0.4) is 0 Å². The molecule has 0 spiro atoms. The minimum absolute atomic E-state index is 0. The van der Waals surface area contributed by atoms with Gasteiger partial charge in [0.2, 0.25) is 0 Å². The zero-order valence-corrected chi connectivity index (χ0v) is 10.2. The van der Waals surface area contributed by atoms with Crippen LogP contribution in [0.4, 0.5) is 0 Å². The Bertz CT molecular complexity index is 177. The Labute approximate surface area is 98.6 Å². The highest BCUT2D eigenvalue weighted by molar-refractivity contribution is 4.85. The number of nitrogens with zero attached hydrogens (tertiary/aromatic N) is 1. The predicted octanol–water partition coefficient (Wildman–Crippen LogP) is -3.44. The molecule has 0 aromatic carbocycles. The first-order valence-electron chi connectivity index (χ1n) is 6.05. The number of halogens is 1. The van der Waals surface area contributed by atoms with Gasteiger partial charge in [-0.15, -0.1) is 0 Å². The van der Waals surface area contributed by atoms with E-state index in [1.165, 1.54) is 32.4 Å². The Morgan fingerprint density at radius 2 is 1.67 bits per heavy atom. The number of hydrogen-bond acceptors (Lipinski definition) is 2. The lowest BCUT2D eigenvalue weighted by molar-refractivity contribution is -0.663. The molecule has 15 heavy (non-hydrogen) atoms. The van der Waals surface area contributed by atoms with Crippen LogP contribution in [-0.4, -0.2) is 48.3 Å². The Kier molecular flexibility index (Phi) is 5.33. The second-order valence-electron chi connectivity index (χ2n) is 4.93. The first kappa shape index (κ1) is 13.2. The van der Waals surface area contributed by atoms with Crippen LogP contribution in [-0.2, 0) is 0 Å². The highest BCUT2D eigenvalue weighted by Gasteiger charge is 2.31. The van der Waals surface area contributed by atoms with Crippen LogP contribution in [0.2, 0.25) is 0 Å². The minimum Gasteiger partial charge on any atom is -1.00 e.